The van der Waals surface area contributed by atoms with Gasteiger partial charge in [-0.05, 0) is 17.7 Å². The number of hydrogen-bond acceptors (Lipinski definition) is 6. The van der Waals surface area contributed by atoms with E-state index in [1.165, 1.54) is 22.2 Å². The third-order valence-electron chi connectivity index (χ3n) is 5.00. The summed E-state index contributed by atoms with van der Waals surface area (Å²) in [5.74, 6) is -0.151. The fourth-order valence-corrected chi connectivity index (χ4v) is 4.49. The first kappa shape index (κ1) is 19.9. The van der Waals surface area contributed by atoms with Gasteiger partial charge in [0.05, 0.1) is 18.0 Å². The Morgan fingerprint density at radius 1 is 1.14 bits per heavy atom. The summed E-state index contributed by atoms with van der Waals surface area (Å²) in [6.07, 6.45) is -0.156. The van der Waals surface area contributed by atoms with Gasteiger partial charge in [0.15, 0.2) is 0 Å². The predicted molar refractivity (Wildman–Crippen MR) is 112 cm³/mol. The second-order valence-corrected chi connectivity index (χ2v) is 8.15. The Morgan fingerprint density at radius 3 is 2.79 bits per heavy atom. The van der Waals surface area contributed by atoms with Crippen LogP contribution in [0.25, 0.3) is 0 Å². The molecule has 0 aromatic heterocycles. The molecule has 152 valence electrons. The van der Waals surface area contributed by atoms with Crippen LogP contribution in [-0.2, 0) is 25.6 Å². The van der Waals surface area contributed by atoms with Crippen LogP contribution in [0.5, 0.6) is 0 Å². The van der Waals surface area contributed by atoms with E-state index in [0.717, 1.165) is 23.7 Å². The first-order valence-corrected chi connectivity index (χ1v) is 10.7. The number of carbonyl (C=O) groups excluding carboxylic acids is 2. The number of morpholine rings is 1. The lowest BCUT2D eigenvalue weighted by atomic mass is 10.2. The van der Waals surface area contributed by atoms with Crippen molar-refractivity contribution in [2.45, 2.75) is 17.5 Å². The van der Waals surface area contributed by atoms with E-state index in [2.05, 4.69) is 17.0 Å². The highest BCUT2D eigenvalue weighted by Gasteiger charge is 2.28. The number of amides is 1. The molecule has 1 fully saturated rings. The molecule has 0 aliphatic carbocycles. The van der Waals surface area contributed by atoms with E-state index in [0.29, 0.717) is 18.9 Å². The van der Waals surface area contributed by atoms with E-state index >= 15 is 0 Å². The normalized spacial score (nSPS) is 19.7. The molecule has 2 heterocycles. The van der Waals surface area contributed by atoms with Crippen LogP contribution >= 0.6 is 11.8 Å². The standard InChI is InChI=1S/C22H24N2O4S/c25-21-16-29-20-9-5-4-8-19(20)24(21)14-22(26)28-15-18-13-23(10-11-27-18)12-17-6-2-1-3-7-17/h1-9,18H,10-16H2. The van der Waals surface area contributed by atoms with Gasteiger partial charge < -0.3 is 9.47 Å². The average molecular weight is 413 g/mol. The van der Waals surface area contributed by atoms with Gasteiger partial charge in [-0.25, -0.2) is 0 Å². The number of benzene rings is 2. The van der Waals surface area contributed by atoms with Crippen LogP contribution in [-0.4, -0.2) is 61.5 Å². The van der Waals surface area contributed by atoms with Crippen molar-refractivity contribution < 1.29 is 19.1 Å². The minimum Gasteiger partial charge on any atom is -0.462 e. The van der Waals surface area contributed by atoms with Gasteiger partial charge in [-0.15, -0.1) is 11.8 Å². The number of hydrogen-bond donors (Lipinski definition) is 0. The van der Waals surface area contributed by atoms with Crippen LogP contribution in [0, 0.1) is 0 Å². The number of rotatable bonds is 6. The van der Waals surface area contributed by atoms with Crippen molar-refractivity contribution in [2.24, 2.45) is 0 Å². The quantitative estimate of drug-likeness (QED) is 0.680. The van der Waals surface area contributed by atoms with Crippen molar-refractivity contribution in [1.82, 2.24) is 4.90 Å². The lowest BCUT2D eigenvalue weighted by Gasteiger charge is -2.33. The van der Waals surface area contributed by atoms with E-state index in [9.17, 15) is 9.59 Å². The van der Waals surface area contributed by atoms with E-state index < -0.39 is 5.97 Å². The summed E-state index contributed by atoms with van der Waals surface area (Å²) in [6.45, 7) is 3.16. The number of fused-ring (bicyclic) bond motifs is 1. The summed E-state index contributed by atoms with van der Waals surface area (Å²) in [4.78, 5) is 29.5. The first-order chi connectivity index (χ1) is 14.2. The third kappa shape index (κ3) is 5.18. The van der Waals surface area contributed by atoms with Gasteiger partial charge in [0.1, 0.15) is 19.3 Å². The fraction of sp³-hybridized carbons (Fsp3) is 0.364. The van der Waals surface area contributed by atoms with E-state index in [-0.39, 0.29) is 25.2 Å². The maximum absolute atomic E-state index is 12.4. The van der Waals surface area contributed by atoms with E-state index in [1.54, 1.807) is 0 Å². The Balaban J connectivity index is 1.28. The van der Waals surface area contributed by atoms with Crippen molar-refractivity contribution >= 4 is 29.3 Å². The molecule has 2 aromatic carbocycles. The molecule has 4 rings (SSSR count). The highest BCUT2D eigenvalue weighted by molar-refractivity contribution is 8.00. The Morgan fingerprint density at radius 2 is 1.93 bits per heavy atom. The second kappa shape index (κ2) is 9.43. The Bertz CT molecular complexity index is 861. The van der Waals surface area contributed by atoms with Crippen molar-refractivity contribution in [3.63, 3.8) is 0 Å². The Hall–Kier alpha value is -2.35. The Kier molecular flexibility index (Phi) is 6.49. The first-order valence-electron chi connectivity index (χ1n) is 9.75. The molecule has 0 radical (unpaired) electrons. The van der Waals surface area contributed by atoms with Gasteiger partial charge in [0, 0.05) is 24.5 Å². The van der Waals surface area contributed by atoms with Crippen molar-refractivity contribution in [2.75, 3.05) is 43.5 Å². The van der Waals surface area contributed by atoms with Crippen LogP contribution in [0.4, 0.5) is 5.69 Å². The minimum absolute atomic E-state index is 0.0726. The molecular weight excluding hydrogens is 388 g/mol. The lowest BCUT2D eigenvalue weighted by molar-refractivity contribution is -0.149. The molecule has 0 N–H and O–H groups in total. The molecule has 7 heteroatoms. The molecule has 2 aliphatic heterocycles. The van der Waals surface area contributed by atoms with Gasteiger partial charge in [-0.1, -0.05) is 42.5 Å². The fourth-order valence-electron chi connectivity index (χ4n) is 3.55. The highest BCUT2D eigenvalue weighted by Crippen LogP contribution is 2.34. The topological polar surface area (TPSA) is 59.1 Å². The zero-order valence-electron chi connectivity index (χ0n) is 16.2. The molecule has 6 nitrogen and oxygen atoms in total. The molecule has 0 bridgehead atoms. The van der Waals surface area contributed by atoms with Crippen molar-refractivity contribution in [3.8, 4) is 0 Å². The molecule has 1 amide bonds. The second-order valence-electron chi connectivity index (χ2n) is 7.13. The number of esters is 1. The average Bonchev–Trinajstić information content (AvgIpc) is 2.75. The lowest BCUT2D eigenvalue weighted by Crippen LogP contribution is -2.45. The van der Waals surface area contributed by atoms with Crippen LogP contribution < -0.4 is 4.90 Å². The molecule has 1 atom stereocenters. The number of anilines is 1. The summed E-state index contributed by atoms with van der Waals surface area (Å²) in [5, 5.41) is 0. The molecule has 1 unspecified atom stereocenters. The summed E-state index contributed by atoms with van der Waals surface area (Å²) < 4.78 is 11.2. The molecule has 1 saturated heterocycles. The van der Waals surface area contributed by atoms with Gasteiger partial charge in [-0.3, -0.25) is 19.4 Å². The number of ether oxygens (including phenoxy) is 2. The summed E-state index contributed by atoms with van der Waals surface area (Å²) in [6, 6.07) is 17.9. The molecule has 29 heavy (non-hydrogen) atoms. The van der Waals surface area contributed by atoms with Gasteiger partial charge in [0.25, 0.3) is 0 Å². The van der Waals surface area contributed by atoms with Crippen LogP contribution in [0.1, 0.15) is 5.56 Å². The van der Waals surface area contributed by atoms with Crippen LogP contribution in [0.3, 0.4) is 0 Å². The third-order valence-corrected chi connectivity index (χ3v) is 6.05. The smallest absolute Gasteiger partial charge is 0.326 e. The van der Waals surface area contributed by atoms with Crippen LogP contribution in [0.15, 0.2) is 59.5 Å². The largest absolute Gasteiger partial charge is 0.462 e. The van der Waals surface area contributed by atoms with Crippen molar-refractivity contribution in [1.29, 1.82) is 0 Å². The number of thioether (sulfide) groups is 1. The zero-order valence-corrected chi connectivity index (χ0v) is 17.0. The number of nitrogens with zero attached hydrogens (tertiary/aromatic N) is 2. The van der Waals surface area contributed by atoms with E-state index in [1.807, 2.05) is 42.5 Å². The summed E-state index contributed by atoms with van der Waals surface area (Å²) >= 11 is 1.50. The van der Waals surface area contributed by atoms with E-state index in [4.69, 9.17) is 9.47 Å². The molecule has 2 aromatic rings. The Labute approximate surface area is 174 Å². The number of para-hydroxylation sites is 1. The minimum atomic E-state index is -0.413. The summed E-state index contributed by atoms with van der Waals surface area (Å²) in [7, 11) is 0. The van der Waals surface area contributed by atoms with Gasteiger partial charge >= 0.3 is 5.97 Å². The van der Waals surface area contributed by atoms with Gasteiger partial charge in [0.2, 0.25) is 5.91 Å². The molecule has 0 spiro atoms. The monoisotopic (exact) mass is 412 g/mol. The molecular formula is C22H24N2O4S. The maximum Gasteiger partial charge on any atom is 0.326 e. The van der Waals surface area contributed by atoms with Crippen LogP contribution in [0.2, 0.25) is 0 Å². The van der Waals surface area contributed by atoms with Gasteiger partial charge in [-0.2, -0.15) is 0 Å². The molecule has 0 saturated carbocycles. The highest BCUT2D eigenvalue weighted by atomic mass is 32.2. The zero-order chi connectivity index (χ0) is 20.1. The maximum atomic E-state index is 12.4. The van der Waals surface area contributed by atoms with Crippen molar-refractivity contribution in [3.05, 3.63) is 60.2 Å². The number of carbonyl (C=O) groups is 2. The molecule has 2 aliphatic rings. The predicted octanol–water partition coefficient (Wildman–Crippen LogP) is 2.57. The summed E-state index contributed by atoms with van der Waals surface area (Å²) in [5.41, 5.74) is 2.03. The SMILES string of the molecule is O=C(CN1C(=O)CSc2ccccc21)OCC1CN(Cc2ccccc2)CCO1.